The number of Topliss-reactive ketones (excluding diaryl/α,β-unsaturated/α-hetero) is 1. The van der Waals surface area contributed by atoms with E-state index < -0.39 is 11.2 Å². The van der Waals surface area contributed by atoms with E-state index >= 15 is 0 Å². The summed E-state index contributed by atoms with van der Waals surface area (Å²) in [7, 11) is 1.56. The van der Waals surface area contributed by atoms with Gasteiger partial charge in [0.05, 0.1) is 6.54 Å². The summed E-state index contributed by atoms with van der Waals surface area (Å²) < 4.78 is 6.12. The number of imidazole rings is 2. The summed E-state index contributed by atoms with van der Waals surface area (Å²) in [5.41, 5.74) is 1.78. The van der Waals surface area contributed by atoms with Crippen LogP contribution in [0.2, 0.25) is 5.02 Å². The highest BCUT2D eigenvalue weighted by atomic mass is 35.5. The first-order valence-corrected chi connectivity index (χ1v) is 10.1. The molecule has 0 radical (unpaired) electrons. The van der Waals surface area contributed by atoms with Crippen molar-refractivity contribution in [1.82, 2.24) is 23.1 Å². The maximum Gasteiger partial charge on any atom is 0.332 e. The Kier molecular flexibility index (Phi) is 4.89. The van der Waals surface area contributed by atoms with Crippen molar-refractivity contribution in [1.29, 1.82) is 0 Å². The van der Waals surface area contributed by atoms with Crippen LogP contribution in [0.4, 0.5) is 0 Å². The highest BCUT2D eigenvalue weighted by Gasteiger charge is 2.23. The van der Waals surface area contributed by atoms with Crippen molar-refractivity contribution in [2.45, 2.75) is 40.3 Å². The maximum absolute atomic E-state index is 13.3. The Bertz CT molecular complexity index is 1420. The first kappa shape index (κ1) is 20.2. The molecule has 0 N–H and O–H groups in total. The van der Waals surface area contributed by atoms with Gasteiger partial charge in [-0.25, -0.2) is 4.79 Å². The Morgan fingerprint density at radius 2 is 1.73 bits per heavy atom. The summed E-state index contributed by atoms with van der Waals surface area (Å²) in [5.74, 6) is 0.276. The molecule has 0 saturated carbocycles. The lowest BCUT2D eigenvalue weighted by molar-refractivity contribution is 0.0969. The molecule has 1 aromatic carbocycles. The van der Waals surface area contributed by atoms with Gasteiger partial charge in [-0.2, -0.15) is 4.98 Å². The quantitative estimate of drug-likeness (QED) is 0.458. The van der Waals surface area contributed by atoms with Crippen LogP contribution in [-0.2, 0) is 20.1 Å². The smallest absolute Gasteiger partial charge is 0.314 e. The molecule has 156 valence electrons. The molecule has 4 rings (SSSR count). The van der Waals surface area contributed by atoms with Crippen molar-refractivity contribution < 1.29 is 4.79 Å². The molecule has 0 amide bonds. The summed E-state index contributed by atoms with van der Waals surface area (Å²) in [6.07, 6.45) is 0.909. The lowest BCUT2D eigenvalue weighted by Gasteiger charge is -2.08. The average molecular weight is 428 g/mol. The fraction of sp³-hybridized carbons (Fsp3) is 0.333. The topological polar surface area (TPSA) is 83.3 Å². The summed E-state index contributed by atoms with van der Waals surface area (Å²) in [5, 5.41) is 0.505. The number of aromatic nitrogens is 5. The summed E-state index contributed by atoms with van der Waals surface area (Å²) in [6, 6.07) is 6.35. The Morgan fingerprint density at radius 3 is 2.37 bits per heavy atom. The van der Waals surface area contributed by atoms with E-state index in [0.717, 1.165) is 28.9 Å². The van der Waals surface area contributed by atoms with E-state index in [1.54, 1.807) is 35.7 Å². The number of aryl methyl sites for hydroxylation is 3. The van der Waals surface area contributed by atoms with Crippen molar-refractivity contribution in [2.75, 3.05) is 0 Å². The fourth-order valence-corrected chi connectivity index (χ4v) is 3.94. The van der Waals surface area contributed by atoms with Gasteiger partial charge in [-0.15, -0.1) is 0 Å². The van der Waals surface area contributed by atoms with E-state index in [0.29, 0.717) is 27.5 Å². The normalized spacial score (nSPS) is 11.6. The van der Waals surface area contributed by atoms with Gasteiger partial charge in [-0.3, -0.25) is 23.1 Å². The number of hydrogen-bond donors (Lipinski definition) is 0. The first-order valence-electron chi connectivity index (χ1n) is 9.72. The van der Waals surface area contributed by atoms with Crippen LogP contribution >= 0.6 is 11.6 Å². The molecular weight excluding hydrogens is 406 g/mol. The third-order valence-corrected chi connectivity index (χ3v) is 5.80. The predicted molar refractivity (Wildman–Crippen MR) is 116 cm³/mol. The fourth-order valence-electron chi connectivity index (χ4n) is 3.82. The van der Waals surface area contributed by atoms with Crippen molar-refractivity contribution in [3.8, 4) is 0 Å². The number of nitrogens with zero attached hydrogens (tertiary/aromatic N) is 5. The zero-order valence-corrected chi connectivity index (χ0v) is 18.0. The van der Waals surface area contributed by atoms with Crippen LogP contribution in [0, 0.1) is 13.8 Å². The van der Waals surface area contributed by atoms with Gasteiger partial charge in [0.2, 0.25) is 5.78 Å². The van der Waals surface area contributed by atoms with E-state index in [2.05, 4.69) is 11.9 Å². The number of hydrogen-bond acceptors (Lipinski definition) is 4. The Labute approximate surface area is 176 Å². The largest absolute Gasteiger partial charge is 0.332 e. The van der Waals surface area contributed by atoms with E-state index in [4.69, 9.17) is 11.6 Å². The number of fused-ring (bicyclic) bond motifs is 3. The second kappa shape index (κ2) is 7.28. The van der Waals surface area contributed by atoms with Crippen LogP contribution in [0.25, 0.3) is 16.9 Å². The molecule has 0 fully saturated rings. The lowest BCUT2D eigenvalue weighted by Crippen LogP contribution is -2.41. The van der Waals surface area contributed by atoms with Gasteiger partial charge in [0.25, 0.3) is 5.56 Å². The molecule has 0 unspecified atom stereocenters. The lowest BCUT2D eigenvalue weighted by atomic mass is 10.1. The minimum absolute atomic E-state index is 0.298. The summed E-state index contributed by atoms with van der Waals surface area (Å²) in [6.45, 7) is 6.37. The number of halogens is 1. The van der Waals surface area contributed by atoms with Gasteiger partial charge < -0.3 is 4.57 Å². The Morgan fingerprint density at radius 1 is 1.07 bits per heavy atom. The van der Waals surface area contributed by atoms with E-state index in [-0.39, 0.29) is 12.3 Å². The van der Waals surface area contributed by atoms with Crippen molar-refractivity contribution in [2.24, 2.45) is 7.05 Å². The SMILES string of the molecule is CCCn1c(C)c(C)n2c3c(=O)n(CC(=O)c4ccc(Cl)cc4)c(=O)n(C)c3nc12. The zero-order valence-electron chi connectivity index (χ0n) is 17.3. The summed E-state index contributed by atoms with van der Waals surface area (Å²) in [4.78, 5) is 43.5. The molecule has 3 aromatic heterocycles. The van der Waals surface area contributed by atoms with Crippen LogP contribution in [-0.4, -0.2) is 28.9 Å². The van der Waals surface area contributed by atoms with Crippen LogP contribution in [0.3, 0.4) is 0 Å². The zero-order chi connectivity index (χ0) is 21.7. The third kappa shape index (κ3) is 2.90. The molecule has 0 saturated heterocycles. The van der Waals surface area contributed by atoms with Gasteiger partial charge in [0, 0.05) is 35.6 Å². The van der Waals surface area contributed by atoms with Gasteiger partial charge in [-0.1, -0.05) is 18.5 Å². The highest BCUT2D eigenvalue weighted by Crippen LogP contribution is 2.21. The van der Waals surface area contributed by atoms with Crippen molar-refractivity contribution >= 4 is 34.3 Å². The number of carbonyl (C=O) groups excluding carboxylic acids is 1. The molecule has 3 heterocycles. The van der Waals surface area contributed by atoms with Gasteiger partial charge in [-0.05, 0) is 44.5 Å². The minimum Gasteiger partial charge on any atom is -0.314 e. The molecular formula is C21H22ClN5O3. The average Bonchev–Trinajstić information content (AvgIpc) is 3.22. The van der Waals surface area contributed by atoms with Crippen molar-refractivity contribution in [3.63, 3.8) is 0 Å². The molecule has 0 aliphatic rings. The Hall–Kier alpha value is -3.13. The van der Waals surface area contributed by atoms with Crippen LogP contribution in [0.1, 0.15) is 35.1 Å². The van der Waals surface area contributed by atoms with Crippen molar-refractivity contribution in [3.05, 3.63) is 67.1 Å². The highest BCUT2D eigenvalue weighted by molar-refractivity contribution is 6.30. The number of ketones is 1. The van der Waals surface area contributed by atoms with Crippen LogP contribution < -0.4 is 11.2 Å². The second-order valence-electron chi connectivity index (χ2n) is 7.40. The van der Waals surface area contributed by atoms with Gasteiger partial charge in [0.1, 0.15) is 0 Å². The third-order valence-electron chi connectivity index (χ3n) is 5.55. The van der Waals surface area contributed by atoms with E-state index in [9.17, 15) is 14.4 Å². The maximum atomic E-state index is 13.3. The number of benzene rings is 1. The molecule has 0 aliphatic heterocycles. The molecule has 0 spiro atoms. The van der Waals surface area contributed by atoms with E-state index in [1.165, 1.54) is 4.57 Å². The molecule has 0 aliphatic carbocycles. The number of carbonyl (C=O) groups is 1. The number of rotatable bonds is 5. The molecule has 0 atom stereocenters. The molecule has 8 nitrogen and oxygen atoms in total. The molecule has 30 heavy (non-hydrogen) atoms. The molecule has 0 bridgehead atoms. The second-order valence-corrected chi connectivity index (χ2v) is 7.84. The van der Waals surface area contributed by atoms with Crippen LogP contribution in [0.15, 0.2) is 33.9 Å². The van der Waals surface area contributed by atoms with Gasteiger partial charge in [0.15, 0.2) is 16.9 Å². The molecule has 9 heteroatoms. The monoisotopic (exact) mass is 427 g/mol. The standard InChI is InChI=1S/C21H22ClN5O3/c1-5-10-25-12(2)13(3)27-17-18(23-20(25)27)24(4)21(30)26(19(17)29)11-16(28)14-6-8-15(22)9-7-14/h6-9H,5,10-11H2,1-4H3. The van der Waals surface area contributed by atoms with Gasteiger partial charge >= 0.3 is 5.69 Å². The first-order chi connectivity index (χ1) is 14.3. The minimum atomic E-state index is -0.577. The van der Waals surface area contributed by atoms with Crippen LogP contribution in [0.5, 0.6) is 0 Å². The van der Waals surface area contributed by atoms with E-state index in [1.807, 2.05) is 18.4 Å². The molecule has 4 aromatic rings. The Balaban J connectivity index is 1.95. The summed E-state index contributed by atoms with van der Waals surface area (Å²) >= 11 is 5.88. The predicted octanol–water partition coefficient (Wildman–Crippen LogP) is 2.71.